The standard InChI is InChI=1S/C8H9NOS/c10-6-2-1-3-7-8(6)9-4-5-11-7/h1-3,9-10H,4-5H2. The Labute approximate surface area is 69.6 Å². The van der Waals surface area contributed by atoms with Gasteiger partial charge in [0.2, 0.25) is 0 Å². The lowest BCUT2D eigenvalue weighted by atomic mass is 10.3. The molecule has 0 aromatic heterocycles. The van der Waals surface area contributed by atoms with E-state index in [0.29, 0.717) is 5.75 Å². The van der Waals surface area contributed by atoms with Gasteiger partial charge < -0.3 is 10.4 Å². The lowest BCUT2D eigenvalue weighted by Crippen LogP contribution is -2.09. The zero-order valence-electron chi connectivity index (χ0n) is 6.00. The Bertz CT molecular complexity index is 275. The van der Waals surface area contributed by atoms with Crippen molar-refractivity contribution >= 4 is 17.4 Å². The second kappa shape index (κ2) is 2.66. The molecule has 1 aliphatic rings. The average molecular weight is 167 g/mol. The highest BCUT2D eigenvalue weighted by Crippen LogP contribution is 2.36. The smallest absolute Gasteiger partial charge is 0.139 e. The minimum Gasteiger partial charge on any atom is -0.506 e. The summed E-state index contributed by atoms with van der Waals surface area (Å²) in [6.45, 7) is 0.940. The van der Waals surface area contributed by atoms with E-state index in [1.54, 1.807) is 17.8 Å². The van der Waals surface area contributed by atoms with Crippen molar-refractivity contribution < 1.29 is 5.11 Å². The van der Waals surface area contributed by atoms with E-state index in [1.807, 2.05) is 12.1 Å². The molecule has 0 saturated heterocycles. The number of thioether (sulfide) groups is 1. The summed E-state index contributed by atoms with van der Waals surface area (Å²) in [5.74, 6) is 1.44. The molecule has 2 nitrogen and oxygen atoms in total. The largest absolute Gasteiger partial charge is 0.506 e. The molecule has 0 saturated carbocycles. The van der Waals surface area contributed by atoms with E-state index in [0.717, 1.165) is 22.9 Å². The highest BCUT2D eigenvalue weighted by molar-refractivity contribution is 7.99. The van der Waals surface area contributed by atoms with Crippen LogP contribution < -0.4 is 5.32 Å². The van der Waals surface area contributed by atoms with Crippen LogP contribution in [0, 0.1) is 0 Å². The molecule has 0 bridgehead atoms. The summed E-state index contributed by atoms with van der Waals surface area (Å²) in [5, 5.41) is 12.5. The Balaban J connectivity index is 2.49. The Morgan fingerprint density at radius 2 is 2.36 bits per heavy atom. The van der Waals surface area contributed by atoms with Crippen LogP contribution in [0.25, 0.3) is 0 Å². The van der Waals surface area contributed by atoms with Crippen LogP contribution >= 0.6 is 11.8 Å². The quantitative estimate of drug-likeness (QED) is 0.579. The molecule has 0 amide bonds. The van der Waals surface area contributed by atoms with Gasteiger partial charge in [0.25, 0.3) is 0 Å². The number of hydrogen-bond donors (Lipinski definition) is 2. The third-order valence-electron chi connectivity index (χ3n) is 1.67. The molecule has 1 aromatic carbocycles. The van der Waals surface area contributed by atoms with Crippen LogP contribution in [0.3, 0.4) is 0 Å². The Hall–Kier alpha value is -0.830. The van der Waals surface area contributed by atoms with Crippen LogP contribution in [0.1, 0.15) is 0 Å². The number of phenols is 1. The van der Waals surface area contributed by atoms with E-state index in [9.17, 15) is 5.11 Å². The molecule has 0 spiro atoms. The van der Waals surface area contributed by atoms with Gasteiger partial charge in [0.1, 0.15) is 5.75 Å². The SMILES string of the molecule is Oc1cccc2c1NCCS2. The fraction of sp³-hybridized carbons (Fsp3) is 0.250. The van der Waals surface area contributed by atoms with Crippen molar-refractivity contribution in [1.82, 2.24) is 0 Å². The van der Waals surface area contributed by atoms with Gasteiger partial charge in [0, 0.05) is 17.2 Å². The molecule has 0 fully saturated rings. The number of phenolic OH excluding ortho intramolecular Hbond substituents is 1. The third kappa shape index (κ3) is 1.16. The van der Waals surface area contributed by atoms with Crippen molar-refractivity contribution in [1.29, 1.82) is 0 Å². The van der Waals surface area contributed by atoms with Gasteiger partial charge in [0.15, 0.2) is 0 Å². The summed E-state index contributed by atoms with van der Waals surface area (Å²) in [6.07, 6.45) is 0. The zero-order valence-corrected chi connectivity index (χ0v) is 6.82. The second-order valence-corrected chi connectivity index (χ2v) is 3.56. The van der Waals surface area contributed by atoms with Crippen LogP contribution in [-0.2, 0) is 0 Å². The fourth-order valence-corrected chi connectivity index (χ4v) is 2.07. The number of aromatic hydroxyl groups is 1. The molecular weight excluding hydrogens is 158 g/mol. The predicted molar refractivity (Wildman–Crippen MR) is 47.3 cm³/mol. The molecule has 1 heterocycles. The maximum Gasteiger partial charge on any atom is 0.139 e. The number of anilines is 1. The highest BCUT2D eigenvalue weighted by atomic mass is 32.2. The van der Waals surface area contributed by atoms with E-state index in [4.69, 9.17) is 0 Å². The molecule has 11 heavy (non-hydrogen) atoms. The van der Waals surface area contributed by atoms with Gasteiger partial charge >= 0.3 is 0 Å². The minimum absolute atomic E-state index is 0.356. The van der Waals surface area contributed by atoms with Gasteiger partial charge in [-0.2, -0.15) is 0 Å². The zero-order chi connectivity index (χ0) is 7.68. The van der Waals surface area contributed by atoms with E-state index >= 15 is 0 Å². The van der Waals surface area contributed by atoms with E-state index in [2.05, 4.69) is 5.32 Å². The van der Waals surface area contributed by atoms with Gasteiger partial charge in [-0.1, -0.05) is 6.07 Å². The fourth-order valence-electron chi connectivity index (χ4n) is 1.15. The van der Waals surface area contributed by atoms with Gasteiger partial charge in [-0.3, -0.25) is 0 Å². The lowest BCUT2D eigenvalue weighted by molar-refractivity contribution is 0.476. The van der Waals surface area contributed by atoms with Crippen LogP contribution in [0.5, 0.6) is 5.75 Å². The summed E-state index contributed by atoms with van der Waals surface area (Å²) in [4.78, 5) is 1.15. The Morgan fingerprint density at radius 1 is 1.45 bits per heavy atom. The maximum absolute atomic E-state index is 9.38. The number of benzene rings is 1. The monoisotopic (exact) mass is 167 g/mol. The molecule has 1 aliphatic heterocycles. The van der Waals surface area contributed by atoms with E-state index < -0.39 is 0 Å². The van der Waals surface area contributed by atoms with Crippen LogP contribution in [0.15, 0.2) is 23.1 Å². The first-order valence-electron chi connectivity index (χ1n) is 3.56. The van der Waals surface area contributed by atoms with Crippen LogP contribution in [0.2, 0.25) is 0 Å². The summed E-state index contributed by atoms with van der Waals surface area (Å²) < 4.78 is 0. The summed E-state index contributed by atoms with van der Waals surface area (Å²) >= 11 is 1.78. The molecule has 1 aromatic rings. The van der Waals surface area contributed by atoms with Crippen LogP contribution in [0.4, 0.5) is 5.69 Å². The van der Waals surface area contributed by atoms with Crippen molar-refractivity contribution in [2.45, 2.75) is 4.90 Å². The first-order valence-corrected chi connectivity index (χ1v) is 4.55. The van der Waals surface area contributed by atoms with Gasteiger partial charge in [-0.25, -0.2) is 0 Å². The first kappa shape index (κ1) is 6.85. The number of rotatable bonds is 0. The molecule has 58 valence electrons. The molecule has 0 atom stereocenters. The molecule has 3 heteroatoms. The molecule has 2 N–H and O–H groups in total. The number of para-hydroxylation sites is 1. The Morgan fingerprint density at radius 3 is 3.18 bits per heavy atom. The van der Waals surface area contributed by atoms with E-state index in [1.165, 1.54) is 0 Å². The van der Waals surface area contributed by atoms with Crippen LogP contribution in [-0.4, -0.2) is 17.4 Å². The second-order valence-electron chi connectivity index (χ2n) is 2.43. The van der Waals surface area contributed by atoms with Crippen molar-refractivity contribution in [2.75, 3.05) is 17.6 Å². The third-order valence-corrected chi connectivity index (χ3v) is 2.73. The van der Waals surface area contributed by atoms with Gasteiger partial charge in [-0.05, 0) is 12.1 Å². The molecular formula is C8H9NOS. The predicted octanol–water partition coefficient (Wildman–Crippen LogP) is 1.91. The minimum atomic E-state index is 0.356. The Kier molecular flexibility index (Phi) is 1.66. The summed E-state index contributed by atoms with van der Waals surface area (Å²) in [7, 11) is 0. The van der Waals surface area contributed by atoms with Crippen molar-refractivity contribution in [3.8, 4) is 5.75 Å². The maximum atomic E-state index is 9.38. The highest BCUT2D eigenvalue weighted by Gasteiger charge is 2.11. The normalized spacial score (nSPS) is 15.3. The van der Waals surface area contributed by atoms with Gasteiger partial charge in [0.05, 0.1) is 5.69 Å². The van der Waals surface area contributed by atoms with Crippen molar-refractivity contribution in [3.63, 3.8) is 0 Å². The summed E-state index contributed by atoms with van der Waals surface area (Å²) in [6, 6.07) is 5.60. The molecule has 2 rings (SSSR count). The topological polar surface area (TPSA) is 32.3 Å². The molecule has 0 aliphatic carbocycles. The first-order chi connectivity index (χ1) is 5.38. The average Bonchev–Trinajstić information content (AvgIpc) is 2.06. The number of hydrogen-bond acceptors (Lipinski definition) is 3. The lowest BCUT2D eigenvalue weighted by Gasteiger charge is -2.17. The van der Waals surface area contributed by atoms with Gasteiger partial charge in [-0.15, -0.1) is 11.8 Å². The van der Waals surface area contributed by atoms with E-state index in [-0.39, 0.29) is 0 Å². The van der Waals surface area contributed by atoms with Crippen molar-refractivity contribution in [2.24, 2.45) is 0 Å². The summed E-state index contributed by atoms with van der Waals surface area (Å²) in [5.41, 5.74) is 0.892. The van der Waals surface area contributed by atoms with Crippen molar-refractivity contribution in [3.05, 3.63) is 18.2 Å². The number of fused-ring (bicyclic) bond motifs is 1. The molecule has 0 unspecified atom stereocenters. The molecule has 0 radical (unpaired) electrons. The number of nitrogens with one attached hydrogen (secondary N) is 1.